The van der Waals surface area contributed by atoms with E-state index < -0.39 is 21.2 Å². The van der Waals surface area contributed by atoms with Crippen LogP contribution < -0.4 is 0 Å². The highest BCUT2D eigenvalue weighted by molar-refractivity contribution is 5.68. The number of para-hydroxylation sites is 1. The molecule has 0 amide bonds. The fourth-order valence-corrected chi connectivity index (χ4v) is 0.983. The molecule has 0 unspecified atom stereocenters. The number of nitrogens with zero attached hydrogens (tertiary/aromatic N) is 5. The van der Waals surface area contributed by atoms with E-state index in [0.717, 1.165) is 12.1 Å². The second kappa shape index (κ2) is 4.03. The summed E-state index contributed by atoms with van der Waals surface area (Å²) in [5.41, 5.74) is 6.23. The monoisotopic (exact) mass is 209 g/mol. The van der Waals surface area contributed by atoms with Gasteiger partial charge in [-0.2, -0.15) is 0 Å². The highest BCUT2D eigenvalue weighted by atomic mass is 16.6. The van der Waals surface area contributed by atoms with Crippen molar-refractivity contribution in [2.75, 3.05) is 0 Å². The summed E-state index contributed by atoms with van der Waals surface area (Å²) in [4.78, 5) is 21.5. The number of rotatable bonds is 3. The number of azide groups is 1. The zero-order valence-electron chi connectivity index (χ0n) is 7.10. The molecule has 0 spiro atoms. The van der Waals surface area contributed by atoms with Gasteiger partial charge in [0, 0.05) is 11.0 Å². The molecular formula is C6H3N5O4. The smallest absolute Gasteiger partial charge is 0.258 e. The van der Waals surface area contributed by atoms with Crippen LogP contribution in [0.5, 0.6) is 0 Å². The lowest BCUT2D eigenvalue weighted by molar-refractivity contribution is -0.421. The first-order chi connectivity index (χ1) is 7.07. The largest absolute Gasteiger partial charge is 0.355 e. The summed E-state index contributed by atoms with van der Waals surface area (Å²) in [6.45, 7) is 0. The molecule has 0 fully saturated rings. The normalized spacial score (nSPS) is 9.07. The third-order valence-electron chi connectivity index (χ3n) is 1.53. The minimum atomic E-state index is -0.956. The van der Waals surface area contributed by atoms with Gasteiger partial charge in [0.15, 0.2) is 0 Å². The number of hydrogen-bond acceptors (Lipinski definition) is 5. The Bertz CT molecular complexity index is 458. The van der Waals surface area contributed by atoms with Gasteiger partial charge >= 0.3 is 11.4 Å². The van der Waals surface area contributed by atoms with E-state index in [4.69, 9.17) is 5.53 Å². The third-order valence-corrected chi connectivity index (χ3v) is 1.53. The summed E-state index contributed by atoms with van der Waals surface area (Å²) in [5.74, 6) is 0. The molecule has 76 valence electrons. The van der Waals surface area contributed by atoms with Gasteiger partial charge in [0.2, 0.25) is 0 Å². The van der Waals surface area contributed by atoms with Gasteiger partial charge in [0.05, 0.1) is 9.85 Å². The van der Waals surface area contributed by atoms with Crippen molar-refractivity contribution >= 4 is 17.1 Å². The molecule has 0 aliphatic heterocycles. The SMILES string of the molecule is [N-]=[N+]=Nc1cccc([N+](=O)[O-])c1[N+](=O)[O-]. The van der Waals surface area contributed by atoms with Crippen LogP contribution in [0, 0.1) is 20.2 Å². The maximum Gasteiger partial charge on any atom is 0.355 e. The zero-order chi connectivity index (χ0) is 11.4. The number of hydrogen-bond donors (Lipinski definition) is 0. The van der Waals surface area contributed by atoms with Crippen molar-refractivity contribution in [3.05, 3.63) is 48.9 Å². The van der Waals surface area contributed by atoms with Crippen LogP contribution >= 0.6 is 0 Å². The molecule has 15 heavy (non-hydrogen) atoms. The van der Waals surface area contributed by atoms with Gasteiger partial charge in [-0.3, -0.25) is 20.2 Å². The second-order valence-corrected chi connectivity index (χ2v) is 2.35. The van der Waals surface area contributed by atoms with E-state index in [1.807, 2.05) is 0 Å². The fourth-order valence-electron chi connectivity index (χ4n) is 0.983. The first-order valence-corrected chi connectivity index (χ1v) is 3.55. The lowest BCUT2D eigenvalue weighted by atomic mass is 10.2. The summed E-state index contributed by atoms with van der Waals surface area (Å²) in [6.07, 6.45) is 0. The summed E-state index contributed by atoms with van der Waals surface area (Å²) in [5, 5.41) is 24.0. The molecule has 9 nitrogen and oxygen atoms in total. The van der Waals surface area contributed by atoms with Crippen molar-refractivity contribution in [2.45, 2.75) is 0 Å². The molecule has 0 atom stereocenters. The molecule has 0 aliphatic carbocycles. The van der Waals surface area contributed by atoms with Crippen molar-refractivity contribution in [2.24, 2.45) is 5.11 Å². The molecular weight excluding hydrogens is 206 g/mol. The number of benzene rings is 1. The van der Waals surface area contributed by atoms with Crippen molar-refractivity contribution in [3.63, 3.8) is 0 Å². The standard InChI is InChI=1S/C6H3N5O4/c7-9-8-4-2-1-3-5(10(12)13)6(4)11(14)15/h1-3H. The van der Waals surface area contributed by atoms with Gasteiger partial charge in [0.25, 0.3) is 0 Å². The van der Waals surface area contributed by atoms with E-state index in [9.17, 15) is 20.2 Å². The summed E-state index contributed by atoms with van der Waals surface area (Å²) in [7, 11) is 0. The summed E-state index contributed by atoms with van der Waals surface area (Å²) < 4.78 is 0. The van der Waals surface area contributed by atoms with Gasteiger partial charge < -0.3 is 0 Å². The van der Waals surface area contributed by atoms with Crippen molar-refractivity contribution in [1.82, 2.24) is 0 Å². The van der Waals surface area contributed by atoms with Gasteiger partial charge in [-0.15, -0.1) is 0 Å². The van der Waals surface area contributed by atoms with Gasteiger partial charge in [-0.25, -0.2) is 0 Å². The van der Waals surface area contributed by atoms with Crippen LogP contribution in [0.25, 0.3) is 10.4 Å². The Morgan fingerprint density at radius 3 is 2.40 bits per heavy atom. The van der Waals surface area contributed by atoms with Gasteiger partial charge in [-0.05, 0) is 11.6 Å². The Labute approximate surface area is 81.9 Å². The summed E-state index contributed by atoms with van der Waals surface area (Å²) in [6, 6.07) is 3.30. The van der Waals surface area contributed by atoms with Crippen LogP contribution in [0.4, 0.5) is 17.1 Å². The van der Waals surface area contributed by atoms with Crippen LogP contribution in [0.2, 0.25) is 0 Å². The molecule has 1 aromatic rings. The van der Waals surface area contributed by atoms with Crippen LogP contribution in [-0.4, -0.2) is 9.85 Å². The number of nitro benzene ring substituents is 2. The molecule has 0 saturated heterocycles. The topological polar surface area (TPSA) is 135 Å². The summed E-state index contributed by atoms with van der Waals surface area (Å²) >= 11 is 0. The molecule has 9 heteroatoms. The van der Waals surface area contributed by atoms with Crippen molar-refractivity contribution < 1.29 is 9.85 Å². The Balaban J connectivity index is 3.55. The lowest BCUT2D eigenvalue weighted by Gasteiger charge is -1.96. The molecule has 1 rings (SSSR count). The Hall–Kier alpha value is -2.67. The van der Waals surface area contributed by atoms with E-state index in [1.165, 1.54) is 6.07 Å². The van der Waals surface area contributed by atoms with Crippen LogP contribution in [0.15, 0.2) is 23.3 Å². The maximum absolute atomic E-state index is 10.5. The van der Waals surface area contributed by atoms with E-state index >= 15 is 0 Å². The highest BCUT2D eigenvalue weighted by Crippen LogP contribution is 2.36. The van der Waals surface area contributed by atoms with Crippen LogP contribution in [0.1, 0.15) is 0 Å². The number of nitro groups is 2. The highest BCUT2D eigenvalue weighted by Gasteiger charge is 2.27. The predicted molar refractivity (Wildman–Crippen MR) is 48.6 cm³/mol. The Morgan fingerprint density at radius 1 is 1.27 bits per heavy atom. The molecule has 1 aromatic carbocycles. The fraction of sp³-hybridized carbons (Fsp3) is 0. The van der Waals surface area contributed by atoms with E-state index in [2.05, 4.69) is 10.0 Å². The second-order valence-electron chi connectivity index (χ2n) is 2.35. The molecule has 0 N–H and O–H groups in total. The molecule has 0 saturated carbocycles. The van der Waals surface area contributed by atoms with Crippen molar-refractivity contribution in [1.29, 1.82) is 0 Å². The van der Waals surface area contributed by atoms with Crippen LogP contribution in [-0.2, 0) is 0 Å². The molecule has 0 bridgehead atoms. The average Bonchev–Trinajstić information content (AvgIpc) is 2.17. The third kappa shape index (κ3) is 1.98. The molecule has 0 aromatic heterocycles. The van der Waals surface area contributed by atoms with E-state index in [0.29, 0.717) is 0 Å². The maximum atomic E-state index is 10.5. The minimum Gasteiger partial charge on any atom is -0.258 e. The first kappa shape index (κ1) is 10.4. The lowest BCUT2D eigenvalue weighted by Crippen LogP contribution is -1.96. The van der Waals surface area contributed by atoms with Gasteiger partial charge in [0.1, 0.15) is 5.69 Å². The average molecular weight is 209 g/mol. The first-order valence-electron chi connectivity index (χ1n) is 3.55. The molecule has 0 radical (unpaired) electrons. The Kier molecular flexibility index (Phi) is 2.79. The molecule has 0 aliphatic rings. The van der Waals surface area contributed by atoms with E-state index in [-0.39, 0.29) is 5.69 Å². The van der Waals surface area contributed by atoms with E-state index in [1.54, 1.807) is 0 Å². The predicted octanol–water partition coefficient (Wildman–Crippen LogP) is 2.44. The van der Waals surface area contributed by atoms with Crippen molar-refractivity contribution in [3.8, 4) is 0 Å². The molecule has 0 heterocycles. The van der Waals surface area contributed by atoms with Crippen LogP contribution in [0.3, 0.4) is 0 Å². The quantitative estimate of drug-likeness (QED) is 0.248. The zero-order valence-corrected chi connectivity index (χ0v) is 7.10. The minimum absolute atomic E-state index is 0.378. The van der Waals surface area contributed by atoms with Gasteiger partial charge in [-0.1, -0.05) is 11.2 Å². The Morgan fingerprint density at radius 2 is 1.93 bits per heavy atom.